The largest absolute Gasteiger partial charge is 0.396 e. The molecule has 1 saturated carbocycles. The number of benzene rings is 1. The maximum atomic E-state index is 13.2. The third-order valence-electron chi connectivity index (χ3n) is 3.62. The second-order valence-electron chi connectivity index (χ2n) is 5.35. The molecular formula is C13H18FNO3S. The highest BCUT2D eigenvalue weighted by Gasteiger charge is 2.42. The van der Waals surface area contributed by atoms with Crippen LogP contribution in [0.3, 0.4) is 0 Å². The van der Waals surface area contributed by atoms with Gasteiger partial charge >= 0.3 is 0 Å². The fourth-order valence-electron chi connectivity index (χ4n) is 2.21. The normalized spacial score (nSPS) is 17.5. The molecule has 2 N–H and O–H groups in total. The average Bonchev–Trinajstić information content (AvgIpc) is 3.05. The maximum Gasteiger partial charge on any atom is 0.241 e. The first-order chi connectivity index (χ1) is 8.80. The molecule has 6 heteroatoms. The van der Waals surface area contributed by atoms with E-state index in [1.165, 1.54) is 12.1 Å². The molecule has 1 aromatic rings. The van der Waals surface area contributed by atoms with Crippen molar-refractivity contribution in [3.8, 4) is 0 Å². The van der Waals surface area contributed by atoms with E-state index in [0.717, 1.165) is 12.8 Å². The van der Waals surface area contributed by atoms with Crippen molar-refractivity contribution in [2.75, 3.05) is 13.2 Å². The van der Waals surface area contributed by atoms with Crippen LogP contribution >= 0.6 is 0 Å². The fraction of sp³-hybridized carbons (Fsp3) is 0.538. The quantitative estimate of drug-likeness (QED) is 0.862. The zero-order valence-corrected chi connectivity index (χ0v) is 11.8. The lowest BCUT2D eigenvalue weighted by Gasteiger charge is -2.16. The van der Waals surface area contributed by atoms with Gasteiger partial charge in [-0.25, -0.2) is 17.5 Å². The van der Waals surface area contributed by atoms with Gasteiger partial charge in [0, 0.05) is 18.6 Å². The summed E-state index contributed by atoms with van der Waals surface area (Å²) < 4.78 is 40.2. The molecule has 0 amide bonds. The Kier molecular flexibility index (Phi) is 3.68. The standard InChI is InChI=1S/C13H18FNO3S/c1-9-5-11(14)6-10(2)12(9)19(17,18)15-7-13(8-16)3-4-13/h5-6,15-16H,3-4,7-8H2,1-2H3. The molecule has 1 fully saturated rings. The Morgan fingerprint density at radius 2 is 1.84 bits per heavy atom. The molecule has 0 atom stereocenters. The molecular weight excluding hydrogens is 269 g/mol. The summed E-state index contributed by atoms with van der Waals surface area (Å²) in [7, 11) is -3.67. The Bertz CT molecular complexity index is 571. The van der Waals surface area contributed by atoms with Crippen LogP contribution < -0.4 is 4.72 Å². The number of hydrogen-bond acceptors (Lipinski definition) is 3. The summed E-state index contributed by atoms with van der Waals surface area (Å²) in [6.45, 7) is 3.35. The number of aliphatic hydroxyl groups excluding tert-OH is 1. The van der Waals surface area contributed by atoms with Gasteiger partial charge in [-0.1, -0.05) is 0 Å². The fourth-order valence-corrected chi connectivity index (χ4v) is 3.82. The van der Waals surface area contributed by atoms with Crippen molar-refractivity contribution in [3.05, 3.63) is 29.1 Å². The third-order valence-corrected chi connectivity index (χ3v) is 5.33. The van der Waals surface area contributed by atoms with Crippen LogP contribution in [0.25, 0.3) is 0 Å². The van der Waals surface area contributed by atoms with Crippen LogP contribution in [0, 0.1) is 25.1 Å². The zero-order chi connectivity index (χ0) is 14.3. The molecule has 1 aromatic carbocycles. The van der Waals surface area contributed by atoms with E-state index in [9.17, 15) is 17.9 Å². The van der Waals surface area contributed by atoms with E-state index < -0.39 is 15.8 Å². The summed E-state index contributed by atoms with van der Waals surface area (Å²) in [5, 5.41) is 9.19. The van der Waals surface area contributed by atoms with E-state index >= 15 is 0 Å². The molecule has 0 unspecified atom stereocenters. The minimum atomic E-state index is -3.67. The third kappa shape index (κ3) is 2.96. The van der Waals surface area contributed by atoms with Crippen LogP contribution in [-0.4, -0.2) is 26.7 Å². The van der Waals surface area contributed by atoms with Crippen molar-refractivity contribution in [2.45, 2.75) is 31.6 Å². The first-order valence-electron chi connectivity index (χ1n) is 6.17. The van der Waals surface area contributed by atoms with E-state index in [0.29, 0.717) is 11.1 Å². The average molecular weight is 287 g/mol. The van der Waals surface area contributed by atoms with E-state index in [4.69, 9.17) is 0 Å². The molecule has 4 nitrogen and oxygen atoms in total. The Morgan fingerprint density at radius 1 is 1.32 bits per heavy atom. The van der Waals surface area contributed by atoms with Crippen LogP contribution in [0.5, 0.6) is 0 Å². The van der Waals surface area contributed by atoms with Crippen molar-refractivity contribution < 1.29 is 17.9 Å². The molecule has 0 radical (unpaired) electrons. The van der Waals surface area contributed by atoms with Crippen molar-refractivity contribution in [1.82, 2.24) is 4.72 Å². The van der Waals surface area contributed by atoms with E-state index in [2.05, 4.69) is 4.72 Å². The van der Waals surface area contributed by atoms with Gasteiger partial charge in [-0.2, -0.15) is 0 Å². The minimum Gasteiger partial charge on any atom is -0.396 e. The van der Waals surface area contributed by atoms with Crippen LogP contribution in [0.1, 0.15) is 24.0 Å². The molecule has 0 aliphatic heterocycles. The second kappa shape index (κ2) is 4.85. The lowest BCUT2D eigenvalue weighted by molar-refractivity contribution is 0.213. The van der Waals surface area contributed by atoms with Crippen molar-refractivity contribution in [2.24, 2.45) is 5.41 Å². The van der Waals surface area contributed by atoms with Crippen LogP contribution in [0.2, 0.25) is 0 Å². The highest BCUT2D eigenvalue weighted by molar-refractivity contribution is 7.89. The zero-order valence-electron chi connectivity index (χ0n) is 11.0. The Hall–Kier alpha value is -0.980. The van der Waals surface area contributed by atoms with Gasteiger partial charge in [0.15, 0.2) is 0 Å². The molecule has 0 bridgehead atoms. The van der Waals surface area contributed by atoms with Gasteiger partial charge in [-0.3, -0.25) is 0 Å². The topological polar surface area (TPSA) is 66.4 Å². The van der Waals surface area contributed by atoms with Gasteiger partial charge in [0.25, 0.3) is 0 Å². The van der Waals surface area contributed by atoms with Gasteiger partial charge in [0.05, 0.1) is 4.90 Å². The Labute approximate surface area is 112 Å². The molecule has 0 saturated heterocycles. The van der Waals surface area contributed by atoms with Crippen LogP contribution in [-0.2, 0) is 10.0 Å². The number of aliphatic hydroxyl groups is 1. The number of nitrogens with one attached hydrogen (secondary N) is 1. The Balaban J connectivity index is 2.25. The van der Waals surface area contributed by atoms with E-state index in [1.54, 1.807) is 13.8 Å². The Morgan fingerprint density at radius 3 is 2.26 bits per heavy atom. The number of hydrogen-bond donors (Lipinski definition) is 2. The predicted molar refractivity (Wildman–Crippen MR) is 69.8 cm³/mol. The number of sulfonamides is 1. The monoisotopic (exact) mass is 287 g/mol. The minimum absolute atomic E-state index is 0.0170. The van der Waals surface area contributed by atoms with Crippen LogP contribution in [0.15, 0.2) is 17.0 Å². The number of halogens is 1. The lowest BCUT2D eigenvalue weighted by atomic mass is 10.1. The molecule has 1 aliphatic rings. The summed E-state index contributed by atoms with van der Waals surface area (Å²) in [5.74, 6) is -0.442. The summed E-state index contributed by atoms with van der Waals surface area (Å²) in [6, 6.07) is 2.42. The molecule has 0 spiro atoms. The van der Waals surface area contributed by atoms with Gasteiger partial charge in [-0.15, -0.1) is 0 Å². The number of aryl methyl sites for hydroxylation is 2. The lowest BCUT2D eigenvalue weighted by Crippen LogP contribution is -2.32. The van der Waals surface area contributed by atoms with Crippen LogP contribution in [0.4, 0.5) is 4.39 Å². The highest BCUT2D eigenvalue weighted by Crippen LogP contribution is 2.44. The molecule has 19 heavy (non-hydrogen) atoms. The summed E-state index contributed by atoms with van der Waals surface area (Å²) >= 11 is 0. The molecule has 2 rings (SSSR count). The molecule has 106 valence electrons. The van der Waals surface area contributed by atoms with Gasteiger partial charge in [0.1, 0.15) is 5.82 Å². The number of rotatable bonds is 5. The SMILES string of the molecule is Cc1cc(F)cc(C)c1S(=O)(=O)NCC1(CO)CC1. The summed E-state index contributed by atoms with van der Waals surface area (Å²) in [5.41, 5.74) is 0.479. The predicted octanol–water partition coefficient (Wildman–Crippen LogP) is 1.49. The highest BCUT2D eigenvalue weighted by atomic mass is 32.2. The second-order valence-corrected chi connectivity index (χ2v) is 7.06. The van der Waals surface area contributed by atoms with Crippen molar-refractivity contribution >= 4 is 10.0 Å². The smallest absolute Gasteiger partial charge is 0.241 e. The van der Waals surface area contributed by atoms with Crippen molar-refractivity contribution in [1.29, 1.82) is 0 Å². The molecule has 0 aromatic heterocycles. The van der Waals surface area contributed by atoms with Gasteiger partial charge < -0.3 is 5.11 Å². The molecule has 1 aliphatic carbocycles. The van der Waals surface area contributed by atoms with E-state index in [-0.39, 0.29) is 23.5 Å². The van der Waals surface area contributed by atoms with Gasteiger partial charge in [-0.05, 0) is 49.9 Å². The van der Waals surface area contributed by atoms with E-state index in [1.807, 2.05) is 0 Å². The maximum absolute atomic E-state index is 13.2. The first kappa shape index (κ1) is 14.4. The van der Waals surface area contributed by atoms with Gasteiger partial charge in [0.2, 0.25) is 10.0 Å². The summed E-state index contributed by atoms with van der Waals surface area (Å²) in [4.78, 5) is 0.127. The molecule has 0 heterocycles. The summed E-state index contributed by atoms with van der Waals surface area (Å²) in [6.07, 6.45) is 1.65. The van der Waals surface area contributed by atoms with Crippen molar-refractivity contribution in [3.63, 3.8) is 0 Å². The first-order valence-corrected chi connectivity index (χ1v) is 7.65.